The second-order valence-electron chi connectivity index (χ2n) is 7.33. The third-order valence-electron chi connectivity index (χ3n) is 4.75. The molecule has 1 aliphatic carbocycles. The highest BCUT2D eigenvalue weighted by Gasteiger charge is 2.22. The molecular weight excluding hydrogens is 360 g/mol. The van der Waals surface area contributed by atoms with E-state index < -0.39 is 15.9 Å². The first-order valence-corrected chi connectivity index (χ1v) is 11.1. The van der Waals surface area contributed by atoms with Crippen molar-refractivity contribution in [1.29, 1.82) is 0 Å². The van der Waals surface area contributed by atoms with E-state index in [1.165, 1.54) is 19.1 Å². The first kappa shape index (κ1) is 19.6. The molecule has 6 heteroatoms. The molecule has 0 spiro atoms. The Kier molecular flexibility index (Phi) is 5.97. The summed E-state index contributed by atoms with van der Waals surface area (Å²) in [6, 6.07) is 14.3. The Hall–Kier alpha value is -2.18. The van der Waals surface area contributed by atoms with E-state index in [1.54, 1.807) is 18.2 Å². The number of benzene rings is 2. The number of hydrogen-bond donors (Lipinski definition) is 2. The van der Waals surface area contributed by atoms with Crippen LogP contribution < -0.4 is 10.6 Å². The Morgan fingerprint density at radius 2 is 1.81 bits per heavy atom. The van der Waals surface area contributed by atoms with Crippen LogP contribution >= 0.6 is 0 Å². The zero-order chi connectivity index (χ0) is 19.4. The fourth-order valence-electron chi connectivity index (χ4n) is 2.97. The maximum Gasteiger partial charge on any atom is 0.234 e. The van der Waals surface area contributed by atoms with Crippen LogP contribution in [0.4, 0.5) is 0 Å². The molecule has 5 nitrogen and oxygen atoms in total. The van der Waals surface area contributed by atoms with Crippen molar-refractivity contribution in [3.63, 3.8) is 0 Å². The minimum Gasteiger partial charge on any atom is -0.344 e. The van der Waals surface area contributed by atoms with Crippen molar-refractivity contribution in [2.24, 2.45) is 5.92 Å². The van der Waals surface area contributed by atoms with E-state index in [2.05, 4.69) is 10.6 Å². The van der Waals surface area contributed by atoms with Gasteiger partial charge in [-0.25, -0.2) is 8.42 Å². The van der Waals surface area contributed by atoms with E-state index in [0.29, 0.717) is 5.92 Å². The molecule has 1 amide bonds. The van der Waals surface area contributed by atoms with Gasteiger partial charge in [0.15, 0.2) is 9.84 Å². The van der Waals surface area contributed by atoms with Gasteiger partial charge < -0.3 is 10.6 Å². The van der Waals surface area contributed by atoms with Crippen molar-refractivity contribution in [2.45, 2.75) is 30.7 Å². The molecule has 0 bridgehead atoms. The van der Waals surface area contributed by atoms with Gasteiger partial charge in [-0.05, 0) is 55.5 Å². The first-order chi connectivity index (χ1) is 12.8. The molecule has 144 valence electrons. The van der Waals surface area contributed by atoms with Gasteiger partial charge in [-0.3, -0.25) is 4.79 Å². The maximum atomic E-state index is 12.5. The van der Waals surface area contributed by atoms with Crippen LogP contribution in [-0.4, -0.2) is 33.7 Å². The first-order valence-electron chi connectivity index (χ1n) is 9.19. The van der Waals surface area contributed by atoms with Crippen molar-refractivity contribution in [1.82, 2.24) is 10.6 Å². The number of sulfone groups is 1. The molecule has 0 aromatic heterocycles. The van der Waals surface area contributed by atoms with Crippen LogP contribution in [0.1, 0.15) is 35.6 Å². The van der Waals surface area contributed by atoms with Gasteiger partial charge in [0.25, 0.3) is 0 Å². The van der Waals surface area contributed by atoms with Gasteiger partial charge in [0.2, 0.25) is 5.91 Å². The number of nitrogens with one attached hydrogen (secondary N) is 2. The third-order valence-corrected chi connectivity index (χ3v) is 5.86. The van der Waals surface area contributed by atoms with E-state index in [0.717, 1.165) is 23.2 Å². The third kappa shape index (κ3) is 5.65. The number of rotatable bonds is 8. The highest BCUT2D eigenvalue weighted by atomic mass is 32.2. The van der Waals surface area contributed by atoms with Crippen molar-refractivity contribution in [3.8, 4) is 0 Å². The molecule has 1 atom stereocenters. The summed E-state index contributed by atoms with van der Waals surface area (Å²) in [5.74, 6) is 0.600. The van der Waals surface area contributed by atoms with Crippen LogP contribution in [0.3, 0.4) is 0 Å². The van der Waals surface area contributed by atoms with Gasteiger partial charge >= 0.3 is 0 Å². The number of aryl methyl sites for hydroxylation is 1. The van der Waals surface area contributed by atoms with E-state index in [1.807, 2.05) is 37.3 Å². The SMILES string of the molecule is Cc1ccc(C(NC(=O)CNCC2CC2)c2cccc(S(C)(=O)=O)c2)cc1. The lowest BCUT2D eigenvalue weighted by atomic mass is 9.97. The summed E-state index contributed by atoms with van der Waals surface area (Å²) in [4.78, 5) is 12.7. The Morgan fingerprint density at radius 1 is 1.11 bits per heavy atom. The molecule has 1 unspecified atom stereocenters. The molecule has 2 aromatic carbocycles. The highest BCUT2D eigenvalue weighted by Crippen LogP contribution is 2.27. The summed E-state index contributed by atoms with van der Waals surface area (Å²) in [7, 11) is -3.32. The fourth-order valence-corrected chi connectivity index (χ4v) is 3.64. The lowest BCUT2D eigenvalue weighted by Crippen LogP contribution is -2.37. The molecule has 2 N–H and O–H groups in total. The zero-order valence-electron chi connectivity index (χ0n) is 15.7. The Morgan fingerprint density at radius 3 is 2.44 bits per heavy atom. The lowest BCUT2D eigenvalue weighted by Gasteiger charge is -2.21. The van der Waals surface area contributed by atoms with Gasteiger partial charge in [-0.2, -0.15) is 0 Å². The van der Waals surface area contributed by atoms with Gasteiger partial charge in [0.1, 0.15) is 0 Å². The molecule has 2 aromatic rings. The highest BCUT2D eigenvalue weighted by molar-refractivity contribution is 7.90. The summed E-state index contributed by atoms with van der Waals surface area (Å²) in [6.07, 6.45) is 3.66. The number of hydrogen-bond acceptors (Lipinski definition) is 4. The van der Waals surface area contributed by atoms with Crippen LogP contribution in [-0.2, 0) is 14.6 Å². The van der Waals surface area contributed by atoms with E-state index >= 15 is 0 Å². The van der Waals surface area contributed by atoms with Crippen LogP contribution in [0.2, 0.25) is 0 Å². The quantitative estimate of drug-likeness (QED) is 0.731. The summed E-state index contributed by atoms with van der Waals surface area (Å²) >= 11 is 0. The summed E-state index contributed by atoms with van der Waals surface area (Å²) in [5, 5.41) is 6.24. The minimum absolute atomic E-state index is 0.106. The number of amides is 1. The minimum atomic E-state index is -3.32. The van der Waals surface area contributed by atoms with Gasteiger partial charge in [-0.15, -0.1) is 0 Å². The van der Waals surface area contributed by atoms with Gasteiger partial charge in [0.05, 0.1) is 17.5 Å². The van der Waals surface area contributed by atoms with Crippen molar-refractivity contribution in [2.75, 3.05) is 19.3 Å². The topological polar surface area (TPSA) is 75.3 Å². The van der Waals surface area contributed by atoms with Crippen molar-refractivity contribution >= 4 is 15.7 Å². The molecule has 0 radical (unpaired) electrons. The smallest absolute Gasteiger partial charge is 0.234 e. The zero-order valence-corrected chi connectivity index (χ0v) is 16.6. The fraction of sp³-hybridized carbons (Fsp3) is 0.381. The second-order valence-corrected chi connectivity index (χ2v) is 9.35. The standard InChI is InChI=1S/C21H26N2O3S/c1-15-6-10-17(11-7-15)21(23-20(24)14-22-13-16-8-9-16)18-4-3-5-19(12-18)27(2,25)26/h3-7,10-12,16,21-22H,8-9,13-14H2,1-2H3,(H,23,24). The van der Waals surface area contributed by atoms with Gasteiger partial charge in [-0.1, -0.05) is 42.0 Å². The summed E-state index contributed by atoms with van der Waals surface area (Å²) < 4.78 is 23.8. The number of carbonyl (C=O) groups excluding carboxylic acids is 1. The molecule has 0 aliphatic heterocycles. The molecule has 0 saturated heterocycles. The van der Waals surface area contributed by atoms with Crippen LogP contribution in [0.5, 0.6) is 0 Å². The van der Waals surface area contributed by atoms with Crippen LogP contribution in [0.25, 0.3) is 0 Å². The maximum absolute atomic E-state index is 12.5. The number of carbonyl (C=O) groups is 1. The average Bonchev–Trinajstić information content (AvgIpc) is 3.44. The molecule has 1 aliphatic rings. The summed E-state index contributed by atoms with van der Waals surface area (Å²) in [6.45, 7) is 3.13. The summed E-state index contributed by atoms with van der Waals surface area (Å²) in [5.41, 5.74) is 2.79. The van der Waals surface area contributed by atoms with Crippen molar-refractivity contribution < 1.29 is 13.2 Å². The normalized spacial score (nSPS) is 15.3. The largest absolute Gasteiger partial charge is 0.344 e. The van der Waals surface area contributed by atoms with Crippen molar-refractivity contribution in [3.05, 3.63) is 65.2 Å². The Labute approximate surface area is 161 Å². The van der Waals surface area contributed by atoms with Crippen LogP contribution in [0.15, 0.2) is 53.4 Å². The Bertz CT molecular complexity index is 903. The molecular formula is C21H26N2O3S. The lowest BCUT2D eigenvalue weighted by molar-refractivity contribution is -0.120. The van der Waals surface area contributed by atoms with Crippen LogP contribution in [0, 0.1) is 12.8 Å². The monoisotopic (exact) mass is 386 g/mol. The average molecular weight is 387 g/mol. The molecule has 1 fully saturated rings. The second kappa shape index (κ2) is 8.23. The molecule has 27 heavy (non-hydrogen) atoms. The molecule has 0 heterocycles. The van der Waals surface area contributed by atoms with Gasteiger partial charge in [0, 0.05) is 6.26 Å². The predicted octanol–water partition coefficient (Wildman–Crippen LogP) is 2.60. The molecule has 3 rings (SSSR count). The van der Waals surface area contributed by atoms with E-state index in [4.69, 9.17) is 0 Å². The van der Waals surface area contributed by atoms with E-state index in [9.17, 15) is 13.2 Å². The Balaban J connectivity index is 1.83. The molecule has 1 saturated carbocycles. The predicted molar refractivity (Wildman–Crippen MR) is 106 cm³/mol. The van der Waals surface area contributed by atoms with E-state index in [-0.39, 0.29) is 17.3 Å².